The number of rotatable bonds is 10. The van der Waals surface area contributed by atoms with E-state index < -0.39 is 0 Å². The maximum atomic E-state index is 13.1. The predicted molar refractivity (Wildman–Crippen MR) is 132 cm³/mol. The summed E-state index contributed by atoms with van der Waals surface area (Å²) >= 11 is 0. The second-order valence-corrected chi connectivity index (χ2v) is 8.37. The largest absolute Gasteiger partial charge is 0.496 e. The minimum absolute atomic E-state index is 0.0686. The van der Waals surface area contributed by atoms with E-state index in [1.54, 1.807) is 12.0 Å². The van der Waals surface area contributed by atoms with Crippen LogP contribution in [0.1, 0.15) is 35.7 Å². The van der Waals surface area contributed by atoms with E-state index >= 15 is 0 Å². The number of halogens is 1. The highest BCUT2D eigenvalue weighted by Crippen LogP contribution is 2.18. The lowest BCUT2D eigenvalue weighted by molar-refractivity contribution is -0.130. The number of ether oxygens (including phenoxy) is 1. The second-order valence-electron chi connectivity index (χ2n) is 8.37. The second kappa shape index (κ2) is 12.9. The van der Waals surface area contributed by atoms with Crippen molar-refractivity contribution in [1.29, 1.82) is 0 Å². The Morgan fingerprint density at radius 1 is 1.06 bits per heavy atom. The molecule has 0 atom stereocenters. The van der Waals surface area contributed by atoms with Crippen molar-refractivity contribution in [2.45, 2.75) is 19.8 Å². The smallest absolute Gasteiger partial charge is 0.253 e. The van der Waals surface area contributed by atoms with Gasteiger partial charge in [-0.3, -0.25) is 14.5 Å². The Balaban J connectivity index is 1.51. The number of para-hydroxylation sites is 1. The predicted octanol–water partition coefficient (Wildman–Crippen LogP) is 3.93. The van der Waals surface area contributed by atoms with Crippen LogP contribution in [0, 0.1) is 5.82 Å². The zero-order valence-corrected chi connectivity index (χ0v) is 20.1. The summed E-state index contributed by atoms with van der Waals surface area (Å²) in [5.41, 5.74) is 1.49. The molecule has 0 saturated carbocycles. The third kappa shape index (κ3) is 7.15. The highest BCUT2D eigenvalue weighted by atomic mass is 19.1. The molecule has 1 aliphatic rings. The average Bonchev–Trinajstić information content (AvgIpc) is 2.86. The molecule has 0 unspecified atom stereocenters. The lowest BCUT2D eigenvalue weighted by Crippen LogP contribution is -2.50. The number of carbonyl (C=O) groups is 2. The summed E-state index contributed by atoms with van der Waals surface area (Å²) in [7, 11) is 1.65. The first-order valence-electron chi connectivity index (χ1n) is 11.9. The molecule has 3 rings (SSSR count). The van der Waals surface area contributed by atoms with Gasteiger partial charge in [0.1, 0.15) is 11.6 Å². The fraction of sp³-hybridized carbons (Fsp3) is 0.407. The van der Waals surface area contributed by atoms with Crippen LogP contribution < -0.4 is 4.74 Å². The highest BCUT2D eigenvalue weighted by molar-refractivity contribution is 5.94. The van der Waals surface area contributed by atoms with Gasteiger partial charge in [-0.1, -0.05) is 37.3 Å². The van der Waals surface area contributed by atoms with E-state index in [1.807, 2.05) is 48.2 Å². The minimum atomic E-state index is -0.346. The van der Waals surface area contributed by atoms with Crippen molar-refractivity contribution in [3.8, 4) is 5.75 Å². The summed E-state index contributed by atoms with van der Waals surface area (Å²) in [5.74, 6) is 0.540. The fourth-order valence-corrected chi connectivity index (χ4v) is 4.01. The van der Waals surface area contributed by atoms with E-state index in [4.69, 9.17) is 4.74 Å². The van der Waals surface area contributed by atoms with Crippen molar-refractivity contribution in [2.75, 3.05) is 52.9 Å². The summed E-state index contributed by atoms with van der Waals surface area (Å²) in [6.45, 7) is 6.69. The minimum Gasteiger partial charge on any atom is -0.496 e. The van der Waals surface area contributed by atoms with Gasteiger partial charge in [-0.25, -0.2) is 4.39 Å². The zero-order valence-electron chi connectivity index (χ0n) is 20.1. The van der Waals surface area contributed by atoms with Gasteiger partial charge < -0.3 is 14.5 Å². The van der Waals surface area contributed by atoms with Crippen LogP contribution in [0.5, 0.6) is 5.75 Å². The van der Waals surface area contributed by atoms with Gasteiger partial charge in [0.25, 0.3) is 5.91 Å². The number of amides is 2. The Morgan fingerprint density at radius 3 is 2.44 bits per heavy atom. The van der Waals surface area contributed by atoms with Crippen LogP contribution in [0.15, 0.2) is 54.6 Å². The van der Waals surface area contributed by atoms with Crippen LogP contribution in [0.25, 0.3) is 6.08 Å². The van der Waals surface area contributed by atoms with E-state index in [0.717, 1.165) is 37.4 Å². The van der Waals surface area contributed by atoms with Crippen LogP contribution in [0.3, 0.4) is 0 Å². The van der Waals surface area contributed by atoms with E-state index in [9.17, 15) is 14.0 Å². The number of hydrogen-bond acceptors (Lipinski definition) is 4. The summed E-state index contributed by atoms with van der Waals surface area (Å²) in [6, 6.07) is 13.5. The summed E-state index contributed by atoms with van der Waals surface area (Å²) in [6.07, 6.45) is 5.34. The van der Waals surface area contributed by atoms with E-state index in [-0.39, 0.29) is 17.6 Å². The van der Waals surface area contributed by atoms with Gasteiger partial charge in [0.05, 0.1) is 7.11 Å². The molecule has 1 heterocycles. The molecular weight excluding hydrogens is 433 g/mol. The first kappa shape index (κ1) is 25.4. The molecule has 6 nitrogen and oxygen atoms in total. The maximum absolute atomic E-state index is 13.1. The van der Waals surface area contributed by atoms with Gasteiger partial charge in [-0.2, -0.15) is 0 Å². The highest BCUT2D eigenvalue weighted by Gasteiger charge is 2.23. The topological polar surface area (TPSA) is 53.1 Å². The molecule has 182 valence electrons. The van der Waals surface area contributed by atoms with Gasteiger partial charge >= 0.3 is 0 Å². The van der Waals surface area contributed by atoms with Crippen LogP contribution in [-0.2, 0) is 4.79 Å². The van der Waals surface area contributed by atoms with Crippen molar-refractivity contribution in [3.63, 3.8) is 0 Å². The van der Waals surface area contributed by atoms with Crippen molar-refractivity contribution in [2.24, 2.45) is 0 Å². The number of methoxy groups -OCH3 is 1. The van der Waals surface area contributed by atoms with Crippen LogP contribution in [0.4, 0.5) is 4.39 Å². The third-order valence-corrected chi connectivity index (χ3v) is 6.02. The monoisotopic (exact) mass is 467 g/mol. The van der Waals surface area contributed by atoms with Gasteiger partial charge in [0.2, 0.25) is 5.91 Å². The van der Waals surface area contributed by atoms with E-state index in [0.29, 0.717) is 38.2 Å². The maximum Gasteiger partial charge on any atom is 0.253 e. The fourth-order valence-electron chi connectivity index (χ4n) is 4.01. The molecule has 0 spiro atoms. The van der Waals surface area contributed by atoms with Crippen LogP contribution in [-0.4, -0.2) is 79.4 Å². The molecule has 0 aromatic heterocycles. The zero-order chi connectivity index (χ0) is 24.3. The summed E-state index contributed by atoms with van der Waals surface area (Å²) < 4.78 is 18.5. The number of benzene rings is 2. The lowest BCUT2D eigenvalue weighted by atomic mass is 10.1. The molecule has 1 fully saturated rings. The van der Waals surface area contributed by atoms with Gasteiger partial charge in [-0.05, 0) is 36.8 Å². The molecule has 1 saturated heterocycles. The molecule has 0 aliphatic carbocycles. The molecule has 2 amide bonds. The van der Waals surface area contributed by atoms with Crippen molar-refractivity contribution < 1.29 is 18.7 Å². The molecule has 0 bridgehead atoms. The quantitative estimate of drug-likeness (QED) is 0.531. The molecule has 0 N–H and O–H groups in total. The number of nitrogens with zero attached hydrogens (tertiary/aromatic N) is 3. The van der Waals surface area contributed by atoms with E-state index in [2.05, 4.69) is 4.90 Å². The molecule has 2 aromatic rings. The normalized spacial score (nSPS) is 14.4. The molecule has 0 radical (unpaired) electrons. The van der Waals surface area contributed by atoms with E-state index in [1.165, 1.54) is 24.3 Å². The Bertz CT molecular complexity index is 969. The Labute approximate surface area is 201 Å². The van der Waals surface area contributed by atoms with Crippen LogP contribution >= 0.6 is 0 Å². The molecule has 7 heteroatoms. The molecular formula is C27H34FN3O3. The number of hydrogen-bond donors (Lipinski definition) is 0. The van der Waals surface area contributed by atoms with Gasteiger partial charge in [0.15, 0.2) is 0 Å². The molecule has 1 aliphatic heterocycles. The summed E-state index contributed by atoms with van der Waals surface area (Å²) in [5, 5.41) is 0. The standard InChI is InChI=1S/C27H34FN3O3/c1-3-7-26(32)30(15-6-9-22-8-4-5-10-25(22)34-2)19-16-29-17-20-31(21-18-29)27(33)23-11-13-24(28)14-12-23/h4-6,8-14H,3,7,15-21H2,1-2H3/b9-6+. The van der Waals surface area contributed by atoms with Gasteiger partial charge in [-0.15, -0.1) is 0 Å². The Morgan fingerprint density at radius 2 is 1.76 bits per heavy atom. The Hall–Kier alpha value is -3.19. The molecule has 34 heavy (non-hydrogen) atoms. The number of piperazine rings is 1. The SMILES string of the molecule is CCCC(=O)N(C/C=C/c1ccccc1OC)CCN1CCN(C(=O)c2ccc(F)cc2)CC1. The number of carbonyl (C=O) groups excluding carboxylic acids is 2. The molecule has 2 aromatic carbocycles. The summed E-state index contributed by atoms with van der Waals surface area (Å²) in [4.78, 5) is 31.3. The van der Waals surface area contributed by atoms with Crippen molar-refractivity contribution in [1.82, 2.24) is 14.7 Å². The van der Waals surface area contributed by atoms with Crippen molar-refractivity contribution in [3.05, 3.63) is 71.6 Å². The Kier molecular flexibility index (Phi) is 9.64. The van der Waals surface area contributed by atoms with Crippen LogP contribution in [0.2, 0.25) is 0 Å². The first-order chi connectivity index (χ1) is 16.5. The average molecular weight is 468 g/mol. The lowest BCUT2D eigenvalue weighted by Gasteiger charge is -2.35. The third-order valence-electron chi connectivity index (χ3n) is 6.02. The van der Waals surface area contributed by atoms with Crippen molar-refractivity contribution >= 4 is 17.9 Å². The first-order valence-corrected chi connectivity index (χ1v) is 11.9. The van der Waals surface area contributed by atoms with Gasteiger partial charge in [0, 0.05) is 63.4 Å².